The number of hydrogen-bond donors (Lipinski definition) is 0. The molecule has 0 N–H and O–H groups in total. The van der Waals surface area contributed by atoms with Crippen LogP contribution in [0.3, 0.4) is 0 Å². The Morgan fingerprint density at radius 3 is 1.60 bits per heavy atom. The highest BCUT2D eigenvalue weighted by Crippen LogP contribution is 2.33. The molecule has 0 atom stereocenters. The van der Waals surface area contributed by atoms with E-state index in [-0.39, 0.29) is 10.8 Å². The SMILES string of the molecule is COC(=O)/C=C(/C=C(/C(=O)OC)C(C)(C)C)C(C)(C)C. The van der Waals surface area contributed by atoms with Crippen molar-refractivity contribution < 1.29 is 19.1 Å². The van der Waals surface area contributed by atoms with Gasteiger partial charge in [0.15, 0.2) is 0 Å². The molecule has 0 radical (unpaired) electrons. The van der Waals surface area contributed by atoms with Crippen LogP contribution in [0, 0.1) is 10.8 Å². The van der Waals surface area contributed by atoms with E-state index in [2.05, 4.69) is 4.74 Å². The zero-order valence-electron chi connectivity index (χ0n) is 13.8. The molecule has 0 heterocycles. The number of rotatable bonds is 3. The Kier molecular flexibility index (Phi) is 6.20. The first-order valence-electron chi connectivity index (χ1n) is 6.54. The molecule has 0 amide bonds. The van der Waals surface area contributed by atoms with Crippen LogP contribution < -0.4 is 0 Å². The van der Waals surface area contributed by atoms with Crippen molar-refractivity contribution in [2.45, 2.75) is 41.5 Å². The number of esters is 2. The number of carbonyl (C=O) groups excluding carboxylic acids is 2. The normalized spacial score (nSPS) is 14.0. The van der Waals surface area contributed by atoms with Crippen LogP contribution in [0.4, 0.5) is 0 Å². The second-order valence-corrected chi connectivity index (χ2v) is 6.67. The molecular weight excluding hydrogens is 256 g/mol. The zero-order chi connectivity index (χ0) is 16.1. The maximum absolute atomic E-state index is 11.9. The summed E-state index contributed by atoms with van der Waals surface area (Å²) in [6.07, 6.45) is 3.14. The molecule has 0 bridgehead atoms. The van der Waals surface area contributed by atoms with Crippen LogP contribution in [0.15, 0.2) is 23.3 Å². The van der Waals surface area contributed by atoms with E-state index in [0.717, 1.165) is 5.57 Å². The van der Waals surface area contributed by atoms with Crippen molar-refractivity contribution in [2.75, 3.05) is 14.2 Å². The third kappa shape index (κ3) is 5.59. The lowest BCUT2D eigenvalue weighted by Gasteiger charge is -2.25. The molecule has 0 aromatic heterocycles. The van der Waals surface area contributed by atoms with Gasteiger partial charge in [0.1, 0.15) is 0 Å². The fourth-order valence-electron chi connectivity index (χ4n) is 1.51. The summed E-state index contributed by atoms with van der Waals surface area (Å²) in [4.78, 5) is 23.4. The van der Waals surface area contributed by atoms with Crippen LogP contribution in [-0.4, -0.2) is 26.2 Å². The molecule has 20 heavy (non-hydrogen) atoms. The van der Waals surface area contributed by atoms with Crippen molar-refractivity contribution in [2.24, 2.45) is 10.8 Å². The van der Waals surface area contributed by atoms with Crippen LogP contribution in [0.2, 0.25) is 0 Å². The Hall–Kier alpha value is -1.58. The molecular formula is C16H26O4. The van der Waals surface area contributed by atoms with E-state index in [1.807, 2.05) is 41.5 Å². The van der Waals surface area contributed by atoms with E-state index in [1.165, 1.54) is 20.3 Å². The zero-order valence-corrected chi connectivity index (χ0v) is 13.8. The second-order valence-electron chi connectivity index (χ2n) is 6.67. The van der Waals surface area contributed by atoms with Crippen LogP contribution in [0.1, 0.15) is 41.5 Å². The van der Waals surface area contributed by atoms with E-state index in [0.29, 0.717) is 5.57 Å². The minimum atomic E-state index is -0.440. The molecule has 0 aliphatic carbocycles. The van der Waals surface area contributed by atoms with Gasteiger partial charge < -0.3 is 9.47 Å². The summed E-state index contributed by atoms with van der Waals surface area (Å²) >= 11 is 0. The summed E-state index contributed by atoms with van der Waals surface area (Å²) < 4.78 is 9.50. The molecule has 114 valence electrons. The lowest BCUT2D eigenvalue weighted by Crippen LogP contribution is -2.21. The fraction of sp³-hybridized carbons (Fsp3) is 0.625. The lowest BCUT2D eigenvalue weighted by atomic mass is 9.80. The Labute approximate surface area is 121 Å². The van der Waals surface area contributed by atoms with Crippen molar-refractivity contribution in [3.05, 3.63) is 23.3 Å². The summed E-state index contributed by atoms with van der Waals surface area (Å²) in [5.41, 5.74) is 0.566. The molecule has 0 rings (SSSR count). The highest BCUT2D eigenvalue weighted by Gasteiger charge is 2.27. The van der Waals surface area contributed by atoms with Crippen LogP contribution in [0.25, 0.3) is 0 Å². The summed E-state index contributed by atoms with van der Waals surface area (Å²) in [5.74, 6) is -0.832. The predicted molar refractivity (Wildman–Crippen MR) is 79.1 cm³/mol. The van der Waals surface area contributed by atoms with Gasteiger partial charge in [0.25, 0.3) is 0 Å². The first-order chi connectivity index (χ1) is 8.93. The number of allylic oxidation sites excluding steroid dienone is 2. The van der Waals surface area contributed by atoms with Gasteiger partial charge >= 0.3 is 11.9 Å². The first-order valence-corrected chi connectivity index (χ1v) is 6.54. The average Bonchev–Trinajstić information content (AvgIpc) is 2.29. The third-order valence-electron chi connectivity index (χ3n) is 2.85. The Morgan fingerprint density at radius 1 is 0.800 bits per heavy atom. The third-order valence-corrected chi connectivity index (χ3v) is 2.85. The second kappa shape index (κ2) is 6.73. The quantitative estimate of drug-likeness (QED) is 0.453. The van der Waals surface area contributed by atoms with Crippen LogP contribution >= 0.6 is 0 Å². The van der Waals surface area contributed by atoms with Gasteiger partial charge in [-0.1, -0.05) is 41.5 Å². The van der Waals surface area contributed by atoms with E-state index < -0.39 is 11.9 Å². The van der Waals surface area contributed by atoms with Crippen molar-refractivity contribution >= 4 is 11.9 Å². The smallest absolute Gasteiger partial charge is 0.334 e. The lowest BCUT2D eigenvalue weighted by molar-refractivity contribution is -0.137. The maximum atomic E-state index is 11.9. The van der Waals surface area contributed by atoms with Crippen molar-refractivity contribution in [3.8, 4) is 0 Å². The molecule has 0 spiro atoms. The van der Waals surface area contributed by atoms with Gasteiger partial charge in [0.2, 0.25) is 0 Å². The van der Waals surface area contributed by atoms with E-state index in [9.17, 15) is 9.59 Å². The van der Waals surface area contributed by atoms with Gasteiger partial charge in [-0.15, -0.1) is 0 Å². The highest BCUT2D eigenvalue weighted by atomic mass is 16.5. The molecule has 0 unspecified atom stereocenters. The van der Waals surface area contributed by atoms with Gasteiger partial charge in [-0.25, -0.2) is 9.59 Å². The Balaban J connectivity index is 5.92. The molecule has 0 aromatic rings. The number of methoxy groups -OCH3 is 2. The number of hydrogen-bond acceptors (Lipinski definition) is 4. The van der Waals surface area contributed by atoms with Crippen LogP contribution in [-0.2, 0) is 19.1 Å². The molecule has 0 fully saturated rings. The molecule has 4 heteroatoms. The van der Waals surface area contributed by atoms with Crippen LogP contribution in [0.5, 0.6) is 0 Å². The average molecular weight is 282 g/mol. The van der Waals surface area contributed by atoms with E-state index >= 15 is 0 Å². The maximum Gasteiger partial charge on any atom is 0.334 e. The van der Waals surface area contributed by atoms with Gasteiger partial charge in [0, 0.05) is 11.6 Å². The summed E-state index contributed by atoms with van der Waals surface area (Å²) in [7, 11) is 2.68. The summed E-state index contributed by atoms with van der Waals surface area (Å²) in [5, 5.41) is 0. The Morgan fingerprint density at radius 2 is 1.30 bits per heavy atom. The fourth-order valence-corrected chi connectivity index (χ4v) is 1.51. The number of carbonyl (C=O) groups is 2. The topological polar surface area (TPSA) is 52.6 Å². The molecule has 0 aromatic carbocycles. The molecule has 0 saturated heterocycles. The summed E-state index contributed by atoms with van der Waals surface area (Å²) in [6, 6.07) is 0. The Bertz CT molecular complexity index is 428. The molecule has 0 saturated carbocycles. The minimum absolute atomic E-state index is 0.293. The van der Waals surface area contributed by atoms with Gasteiger partial charge in [-0.05, 0) is 22.5 Å². The molecule has 0 aliphatic rings. The minimum Gasteiger partial charge on any atom is -0.466 e. The number of ether oxygens (including phenoxy) is 2. The van der Waals surface area contributed by atoms with Crippen molar-refractivity contribution in [3.63, 3.8) is 0 Å². The monoisotopic (exact) mass is 282 g/mol. The first kappa shape index (κ1) is 18.4. The molecule has 4 nitrogen and oxygen atoms in total. The molecule has 0 aliphatic heterocycles. The van der Waals surface area contributed by atoms with E-state index in [1.54, 1.807) is 6.08 Å². The summed E-state index contributed by atoms with van der Waals surface area (Å²) in [6.45, 7) is 11.7. The van der Waals surface area contributed by atoms with Gasteiger partial charge in [-0.2, -0.15) is 0 Å². The van der Waals surface area contributed by atoms with Gasteiger partial charge in [-0.3, -0.25) is 0 Å². The van der Waals surface area contributed by atoms with Crippen molar-refractivity contribution in [1.29, 1.82) is 0 Å². The highest BCUT2D eigenvalue weighted by molar-refractivity contribution is 5.91. The largest absolute Gasteiger partial charge is 0.466 e. The standard InChI is InChI=1S/C16H26O4/c1-15(2,3)11(10-13(17)19-7)9-12(14(18)20-8)16(4,5)6/h9-10H,1-8H3/b11-10-,12-9-. The van der Waals surface area contributed by atoms with Crippen molar-refractivity contribution in [1.82, 2.24) is 0 Å². The van der Waals surface area contributed by atoms with Gasteiger partial charge in [0.05, 0.1) is 14.2 Å². The predicted octanol–water partition coefficient (Wildman–Crippen LogP) is 3.28. The van der Waals surface area contributed by atoms with E-state index in [4.69, 9.17) is 4.74 Å².